The fourth-order valence-electron chi connectivity index (χ4n) is 1.78. The third-order valence-corrected chi connectivity index (χ3v) is 2.53. The van der Waals surface area contributed by atoms with E-state index in [1.54, 1.807) is 0 Å². The predicted molar refractivity (Wildman–Crippen MR) is 57.6 cm³/mol. The van der Waals surface area contributed by atoms with Gasteiger partial charge < -0.3 is 15.2 Å². The maximum Gasteiger partial charge on any atom is 0.407 e. The molecule has 2 atom stereocenters. The van der Waals surface area contributed by atoms with E-state index in [1.807, 2.05) is 20.8 Å². The highest BCUT2D eigenvalue weighted by atomic mass is 16.6. The molecule has 0 aromatic heterocycles. The molecule has 2 N–H and O–H groups in total. The molecule has 1 fully saturated rings. The molecule has 1 amide bonds. The van der Waals surface area contributed by atoms with Crippen LogP contribution in [0.4, 0.5) is 4.79 Å². The van der Waals surface area contributed by atoms with E-state index in [-0.39, 0.29) is 12.0 Å². The van der Waals surface area contributed by atoms with Gasteiger partial charge in [-0.25, -0.2) is 4.79 Å². The molecular weight excluding hydrogens is 194 g/mol. The summed E-state index contributed by atoms with van der Waals surface area (Å²) in [4.78, 5) is 11.3. The van der Waals surface area contributed by atoms with Crippen molar-refractivity contribution in [1.29, 1.82) is 0 Å². The van der Waals surface area contributed by atoms with Crippen molar-refractivity contribution in [3.05, 3.63) is 0 Å². The smallest absolute Gasteiger partial charge is 0.407 e. The summed E-state index contributed by atoms with van der Waals surface area (Å²) < 4.78 is 5.10. The molecule has 15 heavy (non-hydrogen) atoms. The molecule has 88 valence electrons. The van der Waals surface area contributed by atoms with Crippen LogP contribution in [-0.4, -0.2) is 29.4 Å². The summed E-state index contributed by atoms with van der Waals surface area (Å²) in [5.41, 5.74) is -0.460. The van der Waals surface area contributed by atoms with Crippen LogP contribution in [0.25, 0.3) is 0 Å². The predicted octanol–water partition coefficient (Wildman–Crippen LogP) is 1.67. The Bertz CT molecular complexity index is 222. The summed E-state index contributed by atoms with van der Waals surface area (Å²) in [6.07, 6.45) is 2.21. The summed E-state index contributed by atoms with van der Waals surface area (Å²) >= 11 is 0. The minimum absolute atomic E-state index is 0.192. The third kappa shape index (κ3) is 4.51. The second-order valence-electron chi connectivity index (χ2n) is 5.14. The normalized spacial score (nSPS) is 26.4. The van der Waals surface area contributed by atoms with Crippen LogP contribution in [0.5, 0.6) is 0 Å². The molecule has 0 aliphatic heterocycles. The number of nitrogens with one attached hydrogen (secondary N) is 1. The minimum Gasteiger partial charge on any atom is -0.444 e. The molecule has 0 radical (unpaired) electrons. The topological polar surface area (TPSA) is 58.6 Å². The molecule has 0 saturated heterocycles. The number of rotatable bonds is 2. The number of carbonyl (C=O) groups excluding carboxylic acids is 1. The monoisotopic (exact) mass is 215 g/mol. The Morgan fingerprint density at radius 1 is 1.47 bits per heavy atom. The van der Waals surface area contributed by atoms with E-state index in [2.05, 4.69) is 5.32 Å². The van der Waals surface area contributed by atoms with E-state index in [1.165, 1.54) is 0 Å². The van der Waals surface area contributed by atoms with Crippen LogP contribution in [-0.2, 0) is 4.74 Å². The second-order valence-corrected chi connectivity index (χ2v) is 5.14. The fourth-order valence-corrected chi connectivity index (χ4v) is 1.78. The van der Waals surface area contributed by atoms with Gasteiger partial charge in [-0.3, -0.25) is 0 Å². The zero-order chi connectivity index (χ0) is 11.5. The lowest BCUT2D eigenvalue weighted by atomic mass is 10.1. The molecule has 0 spiro atoms. The van der Waals surface area contributed by atoms with Crippen LogP contribution in [0.15, 0.2) is 0 Å². The number of alkyl carbamates (subject to hydrolysis) is 1. The Morgan fingerprint density at radius 2 is 2.13 bits per heavy atom. The number of amides is 1. The van der Waals surface area contributed by atoms with Crippen molar-refractivity contribution in [2.45, 2.75) is 51.7 Å². The van der Waals surface area contributed by atoms with Gasteiger partial charge in [0.2, 0.25) is 0 Å². The number of hydrogen-bond donors (Lipinski definition) is 2. The first-order chi connectivity index (χ1) is 6.88. The first-order valence-corrected chi connectivity index (χ1v) is 5.53. The van der Waals surface area contributed by atoms with Crippen molar-refractivity contribution in [2.75, 3.05) is 6.54 Å². The van der Waals surface area contributed by atoms with Gasteiger partial charge in [0.15, 0.2) is 0 Å². The van der Waals surface area contributed by atoms with Crippen molar-refractivity contribution in [2.24, 2.45) is 5.92 Å². The van der Waals surface area contributed by atoms with Crippen molar-refractivity contribution in [3.63, 3.8) is 0 Å². The molecule has 0 aromatic carbocycles. The quantitative estimate of drug-likeness (QED) is 0.736. The summed E-state index contributed by atoms with van der Waals surface area (Å²) in [5, 5.41) is 12.2. The van der Waals surface area contributed by atoms with Gasteiger partial charge in [0.05, 0.1) is 6.10 Å². The molecule has 0 heterocycles. The van der Waals surface area contributed by atoms with E-state index in [4.69, 9.17) is 4.74 Å². The Morgan fingerprint density at radius 3 is 2.60 bits per heavy atom. The van der Waals surface area contributed by atoms with Crippen molar-refractivity contribution in [3.8, 4) is 0 Å². The lowest BCUT2D eigenvalue weighted by Gasteiger charge is -2.21. The highest BCUT2D eigenvalue weighted by Crippen LogP contribution is 2.24. The minimum atomic E-state index is -0.460. The maximum atomic E-state index is 11.3. The van der Waals surface area contributed by atoms with Crippen LogP contribution < -0.4 is 5.32 Å². The van der Waals surface area contributed by atoms with Gasteiger partial charge in [-0.2, -0.15) is 0 Å². The van der Waals surface area contributed by atoms with Crippen molar-refractivity contribution < 1.29 is 14.6 Å². The molecule has 1 saturated carbocycles. The summed E-state index contributed by atoms with van der Waals surface area (Å²) in [6, 6.07) is 0. The van der Waals surface area contributed by atoms with E-state index in [9.17, 15) is 9.90 Å². The van der Waals surface area contributed by atoms with Gasteiger partial charge in [0, 0.05) is 12.5 Å². The fraction of sp³-hybridized carbons (Fsp3) is 0.909. The number of aliphatic hydroxyl groups is 1. The first-order valence-electron chi connectivity index (χ1n) is 5.53. The van der Waals surface area contributed by atoms with Crippen LogP contribution >= 0.6 is 0 Å². The van der Waals surface area contributed by atoms with Crippen molar-refractivity contribution in [1.82, 2.24) is 5.32 Å². The molecule has 0 aromatic rings. The maximum absolute atomic E-state index is 11.3. The molecule has 1 aliphatic rings. The van der Waals surface area contributed by atoms with Gasteiger partial charge in [-0.15, -0.1) is 0 Å². The van der Waals surface area contributed by atoms with E-state index >= 15 is 0 Å². The number of ether oxygens (including phenoxy) is 1. The van der Waals surface area contributed by atoms with Gasteiger partial charge >= 0.3 is 6.09 Å². The van der Waals surface area contributed by atoms with Gasteiger partial charge in [0.25, 0.3) is 0 Å². The SMILES string of the molecule is CC(C)(C)OC(=O)NCC1CCC[C@H]1O. The van der Waals surface area contributed by atoms with Crippen LogP contribution in [0.1, 0.15) is 40.0 Å². The van der Waals surface area contributed by atoms with Gasteiger partial charge in [0.1, 0.15) is 5.60 Å². The van der Waals surface area contributed by atoms with Crippen LogP contribution in [0.3, 0.4) is 0 Å². The van der Waals surface area contributed by atoms with Crippen LogP contribution in [0, 0.1) is 5.92 Å². The first kappa shape index (κ1) is 12.3. The van der Waals surface area contributed by atoms with Gasteiger partial charge in [-0.05, 0) is 33.6 Å². The summed E-state index contributed by atoms with van der Waals surface area (Å²) in [6.45, 7) is 6.00. The summed E-state index contributed by atoms with van der Waals surface area (Å²) in [5.74, 6) is 0.192. The highest BCUT2D eigenvalue weighted by molar-refractivity contribution is 5.67. The molecule has 4 nitrogen and oxygen atoms in total. The summed E-state index contributed by atoms with van der Waals surface area (Å²) in [7, 11) is 0. The lowest BCUT2D eigenvalue weighted by molar-refractivity contribution is 0.0500. The second kappa shape index (κ2) is 4.84. The Kier molecular flexibility index (Phi) is 3.97. The number of carbonyl (C=O) groups is 1. The Balaban J connectivity index is 2.22. The average molecular weight is 215 g/mol. The molecule has 1 aliphatic carbocycles. The zero-order valence-electron chi connectivity index (χ0n) is 9.75. The molecule has 1 unspecified atom stereocenters. The molecular formula is C11H21NO3. The highest BCUT2D eigenvalue weighted by Gasteiger charge is 2.26. The zero-order valence-corrected chi connectivity index (χ0v) is 9.75. The van der Waals surface area contributed by atoms with Crippen LogP contribution in [0.2, 0.25) is 0 Å². The third-order valence-electron chi connectivity index (χ3n) is 2.53. The number of hydrogen-bond acceptors (Lipinski definition) is 3. The Labute approximate surface area is 91.0 Å². The van der Waals surface area contributed by atoms with E-state index < -0.39 is 11.7 Å². The van der Waals surface area contributed by atoms with Gasteiger partial charge in [-0.1, -0.05) is 6.42 Å². The molecule has 4 heteroatoms. The molecule has 1 rings (SSSR count). The Hall–Kier alpha value is -0.770. The lowest BCUT2D eigenvalue weighted by Crippen LogP contribution is -2.36. The largest absolute Gasteiger partial charge is 0.444 e. The van der Waals surface area contributed by atoms with E-state index in [0.29, 0.717) is 6.54 Å². The molecule has 0 bridgehead atoms. The standard InChI is InChI=1S/C11H21NO3/c1-11(2,3)15-10(14)12-7-8-5-4-6-9(8)13/h8-9,13H,4-7H2,1-3H3,(H,12,14)/t8?,9-/m1/s1. The number of aliphatic hydroxyl groups excluding tert-OH is 1. The average Bonchev–Trinajstić information content (AvgIpc) is 2.44. The van der Waals surface area contributed by atoms with Crippen molar-refractivity contribution >= 4 is 6.09 Å². The van der Waals surface area contributed by atoms with E-state index in [0.717, 1.165) is 19.3 Å².